The number of aromatic carboxylic acids is 1. The molecule has 0 amide bonds. The maximum Gasteiger partial charge on any atom is 0.341 e. The second-order valence-corrected chi connectivity index (χ2v) is 6.65. The van der Waals surface area contributed by atoms with Crippen molar-refractivity contribution in [1.29, 1.82) is 0 Å². The van der Waals surface area contributed by atoms with Crippen LogP contribution in [-0.4, -0.2) is 44.5 Å². The first-order valence-corrected chi connectivity index (χ1v) is 9.55. The Hall–Kier alpha value is -3.24. The Bertz CT molecular complexity index is 1040. The first kappa shape index (κ1) is 23.0. The van der Waals surface area contributed by atoms with Crippen LogP contribution in [0.3, 0.4) is 0 Å². The normalized spacial score (nSPS) is 10.1. The summed E-state index contributed by atoms with van der Waals surface area (Å²) in [6.45, 7) is 5.87. The molecule has 1 aromatic heterocycles. The van der Waals surface area contributed by atoms with Crippen LogP contribution in [0.1, 0.15) is 24.2 Å². The van der Waals surface area contributed by atoms with Gasteiger partial charge >= 0.3 is 11.8 Å². The molecule has 0 saturated carbocycles. The molecule has 0 radical (unpaired) electrons. The van der Waals surface area contributed by atoms with Crippen LogP contribution in [0, 0.1) is 10.1 Å². The summed E-state index contributed by atoms with van der Waals surface area (Å²) >= 11 is 11.4. The number of aromatic amines is 1. The van der Waals surface area contributed by atoms with Gasteiger partial charge in [0.1, 0.15) is 5.02 Å². The van der Waals surface area contributed by atoms with Gasteiger partial charge in [-0.05, 0) is 49.4 Å². The third kappa shape index (κ3) is 5.88. The molecule has 0 fully saturated rings. The molecule has 0 atom stereocenters. The Morgan fingerprint density at radius 3 is 2.50 bits per heavy atom. The molecule has 2 aromatic carbocycles. The molecule has 10 nitrogen and oxygen atoms in total. The number of nitrogens with one attached hydrogen (secondary N) is 1. The van der Waals surface area contributed by atoms with Crippen LogP contribution in [0.15, 0.2) is 42.5 Å². The van der Waals surface area contributed by atoms with Gasteiger partial charge in [0, 0.05) is 16.2 Å². The number of nitrogens with zero attached hydrogens (tertiary/aromatic N) is 5. The highest BCUT2D eigenvalue weighted by molar-refractivity contribution is 6.32. The predicted molar refractivity (Wildman–Crippen MR) is 111 cm³/mol. The number of carboxylic acid groups (broad SMARTS) is 1. The molecule has 0 bridgehead atoms. The van der Waals surface area contributed by atoms with Crippen molar-refractivity contribution in [3.63, 3.8) is 0 Å². The zero-order chi connectivity index (χ0) is 22.3. The summed E-state index contributed by atoms with van der Waals surface area (Å²) < 4.78 is 0. The molecule has 0 spiro atoms. The molecular weight excluding hydrogens is 435 g/mol. The van der Waals surface area contributed by atoms with Crippen molar-refractivity contribution >= 4 is 34.9 Å². The molecule has 0 aliphatic rings. The summed E-state index contributed by atoms with van der Waals surface area (Å²) in [4.78, 5) is 21.7. The highest BCUT2D eigenvalue weighted by Crippen LogP contribution is 2.24. The molecule has 3 aromatic rings. The topological polar surface area (TPSA) is 129 Å². The second kappa shape index (κ2) is 10.5. The number of nitro benzene ring substituents is 1. The summed E-state index contributed by atoms with van der Waals surface area (Å²) in [5.74, 6) is -0.584. The molecule has 1 heterocycles. The van der Waals surface area contributed by atoms with Gasteiger partial charge in [0.05, 0.1) is 39.1 Å². The van der Waals surface area contributed by atoms with Crippen molar-refractivity contribution < 1.29 is 19.7 Å². The molecule has 0 unspecified atom stereocenters. The average molecular weight is 454 g/mol. The zero-order valence-corrected chi connectivity index (χ0v) is 17.6. The van der Waals surface area contributed by atoms with Crippen molar-refractivity contribution in [3.05, 3.63) is 68.2 Å². The van der Waals surface area contributed by atoms with Gasteiger partial charge < -0.3 is 5.11 Å². The predicted octanol–water partition coefficient (Wildman–Crippen LogP) is 3.34. The van der Waals surface area contributed by atoms with E-state index < -0.39 is 16.6 Å². The molecular formula is C18H19Cl2N6O4+. The number of hydrogen-bond donors (Lipinski definition) is 2. The summed E-state index contributed by atoms with van der Waals surface area (Å²) in [5.41, 5.74) is 0.345. The molecule has 0 saturated heterocycles. The first-order valence-electron chi connectivity index (χ1n) is 8.79. The smallest absolute Gasteiger partial charge is 0.341 e. The molecule has 3 rings (SSSR count). The van der Waals surface area contributed by atoms with Crippen LogP contribution < -0.4 is 9.91 Å². The minimum absolute atomic E-state index is 0.0741. The first-order chi connectivity index (χ1) is 14.3. The van der Waals surface area contributed by atoms with Gasteiger partial charge in [-0.25, -0.2) is 9.80 Å². The van der Waals surface area contributed by atoms with E-state index in [2.05, 4.69) is 29.3 Å². The maximum absolute atomic E-state index is 10.4. The fourth-order valence-corrected chi connectivity index (χ4v) is 2.76. The number of H-pyrrole nitrogens is 1. The average Bonchev–Trinajstić information content (AvgIpc) is 3.19. The third-order valence-electron chi connectivity index (χ3n) is 3.91. The van der Waals surface area contributed by atoms with Crippen LogP contribution >= 0.6 is 23.2 Å². The van der Waals surface area contributed by atoms with E-state index in [9.17, 15) is 14.9 Å². The van der Waals surface area contributed by atoms with Crippen molar-refractivity contribution in [2.45, 2.75) is 13.8 Å². The van der Waals surface area contributed by atoms with Crippen molar-refractivity contribution in [2.75, 3.05) is 18.1 Å². The second-order valence-electron chi connectivity index (χ2n) is 5.80. The number of carbonyl (C=O) groups is 1. The molecule has 2 N–H and O–H groups in total. The SMILES string of the molecule is CCN(CC)[n+]1nc(-c2cccc(Cl)c2)n[nH]1.O=C(O)c1ccc(Cl)c([N+](=O)[O-])c1. The van der Waals surface area contributed by atoms with Crippen LogP contribution in [-0.2, 0) is 0 Å². The third-order valence-corrected chi connectivity index (χ3v) is 4.46. The summed E-state index contributed by atoms with van der Waals surface area (Å²) in [5, 5.41) is 32.9. The van der Waals surface area contributed by atoms with Crippen molar-refractivity contribution in [2.24, 2.45) is 0 Å². The van der Waals surface area contributed by atoms with E-state index >= 15 is 0 Å². The van der Waals surface area contributed by atoms with Gasteiger partial charge in [0.25, 0.3) is 5.69 Å². The van der Waals surface area contributed by atoms with Crippen molar-refractivity contribution in [3.8, 4) is 11.4 Å². The number of carboxylic acids is 1. The van der Waals surface area contributed by atoms with E-state index in [1.807, 2.05) is 29.3 Å². The number of rotatable bonds is 6. The van der Waals surface area contributed by atoms with Gasteiger partial charge in [-0.1, -0.05) is 29.3 Å². The summed E-state index contributed by atoms with van der Waals surface area (Å²) in [7, 11) is 0. The van der Waals surface area contributed by atoms with Gasteiger partial charge in [-0.3, -0.25) is 10.1 Å². The number of nitro groups is 1. The molecule has 158 valence electrons. The van der Waals surface area contributed by atoms with Crippen molar-refractivity contribution in [1.82, 2.24) is 15.4 Å². The van der Waals surface area contributed by atoms with E-state index in [0.29, 0.717) is 10.8 Å². The Balaban J connectivity index is 0.000000222. The highest BCUT2D eigenvalue weighted by Gasteiger charge is 2.17. The van der Waals surface area contributed by atoms with E-state index in [1.165, 1.54) is 12.1 Å². The van der Waals surface area contributed by atoms with Gasteiger partial charge in [0.2, 0.25) is 0 Å². The van der Waals surface area contributed by atoms with Crippen LogP contribution in [0.2, 0.25) is 10.0 Å². The van der Waals surface area contributed by atoms with Crippen LogP contribution in [0.4, 0.5) is 5.69 Å². The molecule has 0 aliphatic heterocycles. The number of hydrogen-bond acceptors (Lipinski definition) is 6. The van der Waals surface area contributed by atoms with Crippen LogP contribution in [0.5, 0.6) is 0 Å². The Morgan fingerprint density at radius 2 is 1.93 bits per heavy atom. The molecule has 12 heteroatoms. The highest BCUT2D eigenvalue weighted by atomic mass is 35.5. The van der Waals surface area contributed by atoms with Gasteiger partial charge in [-0.15, -0.1) is 0 Å². The number of benzene rings is 2. The Kier molecular flexibility index (Phi) is 8.07. The lowest BCUT2D eigenvalue weighted by Gasteiger charge is -2.10. The van der Waals surface area contributed by atoms with Crippen LogP contribution in [0.25, 0.3) is 11.4 Å². The maximum atomic E-state index is 10.4. The molecule has 30 heavy (non-hydrogen) atoms. The van der Waals surface area contributed by atoms with Gasteiger partial charge in [-0.2, -0.15) is 0 Å². The molecule has 0 aliphatic carbocycles. The summed E-state index contributed by atoms with van der Waals surface area (Å²) in [6, 6.07) is 10.8. The standard InChI is InChI=1S/C11H14ClN5.C7H4ClNO4/c1-3-16(4-2)17-14-11(13-15-17)9-6-5-7-10(12)8-9;8-5-2-1-4(7(10)11)3-6(5)9(12)13/h5-8H,3-4H2,1-2H3;1-3H,(H,10,11)/p+1. The van der Waals surface area contributed by atoms with E-state index in [1.54, 1.807) is 4.91 Å². The largest absolute Gasteiger partial charge is 0.478 e. The lowest BCUT2D eigenvalue weighted by molar-refractivity contribution is -0.800. The Morgan fingerprint density at radius 1 is 1.23 bits per heavy atom. The Labute approximate surface area is 181 Å². The van der Waals surface area contributed by atoms with Gasteiger partial charge in [0.15, 0.2) is 0 Å². The fraction of sp³-hybridized carbons (Fsp3) is 0.222. The number of tetrazole rings is 1. The lowest BCUT2D eigenvalue weighted by atomic mass is 10.2. The van der Waals surface area contributed by atoms with E-state index in [0.717, 1.165) is 24.7 Å². The summed E-state index contributed by atoms with van der Waals surface area (Å²) in [6.07, 6.45) is 0. The number of halogens is 2. The fourth-order valence-electron chi connectivity index (χ4n) is 2.38. The van der Waals surface area contributed by atoms with E-state index in [-0.39, 0.29) is 10.6 Å². The minimum Gasteiger partial charge on any atom is -0.478 e. The zero-order valence-electron chi connectivity index (χ0n) is 16.1. The quantitative estimate of drug-likeness (QED) is 0.332. The lowest BCUT2D eigenvalue weighted by Crippen LogP contribution is -2.61. The monoisotopic (exact) mass is 453 g/mol. The minimum atomic E-state index is -1.22. The van der Waals surface area contributed by atoms with E-state index in [4.69, 9.17) is 28.3 Å². The number of aromatic nitrogens is 4.